The van der Waals surface area contributed by atoms with Crippen LogP contribution in [0.4, 0.5) is 0 Å². The Kier molecular flexibility index (Phi) is 4.18. The lowest BCUT2D eigenvalue weighted by atomic mass is 9.82. The molecule has 1 amide bonds. The number of esters is 1. The van der Waals surface area contributed by atoms with Crippen LogP contribution in [0.3, 0.4) is 0 Å². The summed E-state index contributed by atoms with van der Waals surface area (Å²) in [5, 5.41) is 2.82. The molecule has 3 heterocycles. The predicted octanol–water partition coefficient (Wildman–Crippen LogP) is 2.85. The van der Waals surface area contributed by atoms with Crippen LogP contribution in [0.5, 0.6) is 5.75 Å². The van der Waals surface area contributed by atoms with Gasteiger partial charge in [0.15, 0.2) is 0 Å². The van der Waals surface area contributed by atoms with Gasteiger partial charge in [0.2, 0.25) is 5.91 Å². The van der Waals surface area contributed by atoms with E-state index < -0.39 is 11.5 Å². The number of benzene rings is 1. The molecule has 2 aromatic rings. The fraction of sp³-hybridized carbons (Fsp3) is 0.286. The second-order valence-electron chi connectivity index (χ2n) is 7.14. The highest BCUT2D eigenvalue weighted by Gasteiger charge is 2.48. The molecule has 0 aliphatic carbocycles. The van der Waals surface area contributed by atoms with E-state index in [4.69, 9.17) is 9.47 Å². The van der Waals surface area contributed by atoms with Crippen molar-refractivity contribution in [2.24, 2.45) is 0 Å². The molecule has 27 heavy (non-hydrogen) atoms. The number of aromatic nitrogens is 1. The van der Waals surface area contributed by atoms with E-state index in [0.29, 0.717) is 23.6 Å². The molecule has 0 saturated heterocycles. The van der Waals surface area contributed by atoms with Crippen molar-refractivity contribution in [2.45, 2.75) is 38.4 Å². The third kappa shape index (κ3) is 3.18. The highest BCUT2D eigenvalue weighted by Crippen LogP contribution is 2.44. The Morgan fingerprint density at radius 1 is 1.19 bits per heavy atom. The second-order valence-corrected chi connectivity index (χ2v) is 7.14. The van der Waals surface area contributed by atoms with E-state index in [0.717, 1.165) is 11.3 Å². The average Bonchev–Trinajstić information content (AvgIpc) is 2.89. The molecular formula is C21H20N2O4. The summed E-state index contributed by atoms with van der Waals surface area (Å²) >= 11 is 0. The van der Waals surface area contributed by atoms with Crippen molar-refractivity contribution in [3.63, 3.8) is 0 Å². The van der Waals surface area contributed by atoms with Crippen LogP contribution in [-0.2, 0) is 20.9 Å². The molecule has 0 saturated carbocycles. The van der Waals surface area contributed by atoms with E-state index in [2.05, 4.69) is 10.3 Å². The number of nitrogens with one attached hydrogen (secondary N) is 1. The first-order valence-corrected chi connectivity index (χ1v) is 8.85. The lowest BCUT2D eigenvalue weighted by molar-refractivity contribution is -0.144. The fourth-order valence-electron chi connectivity index (χ4n) is 3.58. The second kappa shape index (κ2) is 6.54. The van der Waals surface area contributed by atoms with Gasteiger partial charge < -0.3 is 14.8 Å². The molecule has 0 spiro atoms. The van der Waals surface area contributed by atoms with Crippen molar-refractivity contribution in [1.29, 1.82) is 0 Å². The van der Waals surface area contributed by atoms with Crippen molar-refractivity contribution in [1.82, 2.24) is 10.3 Å². The topological polar surface area (TPSA) is 77.5 Å². The lowest BCUT2D eigenvalue weighted by Crippen LogP contribution is -2.38. The monoisotopic (exact) mass is 364 g/mol. The van der Waals surface area contributed by atoms with Crippen LogP contribution in [0.25, 0.3) is 0 Å². The Labute approximate surface area is 157 Å². The molecule has 1 aromatic carbocycles. The molecule has 2 aliphatic rings. The Morgan fingerprint density at radius 2 is 1.96 bits per heavy atom. The molecule has 0 bridgehead atoms. The molecule has 6 heteroatoms. The van der Waals surface area contributed by atoms with Crippen LogP contribution in [0.15, 0.2) is 59.9 Å². The molecule has 0 unspecified atom stereocenters. The Morgan fingerprint density at radius 3 is 2.74 bits per heavy atom. The number of hydrogen-bond acceptors (Lipinski definition) is 5. The van der Waals surface area contributed by atoms with Crippen LogP contribution in [-0.4, -0.2) is 22.5 Å². The maximum absolute atomic E-state index is 12.5. The minimum Gasteiger partial charge on any atom is -0.487 e. The van der Waals surface area contributed by atoms with Gasteiger partial charge in [-0.2, -0.15) is 0 Å². The lowest BCUT2D eigenvalue weighted by Gasteiger charge is -2.27. The van der Waals surface area contributed by atoms with E-state index in [1.807, 2.05) is 42.5 Å². The number of carbonyl (C=O) groups excluding carboxylic acids is 2. The molecule has 4 rings (SSSR count). The number of hydrogen-bond donors (Lipinski definition) is 1. The van der Waals surface area contributed by atoms with Crippen LogP contribution in [0.2, 0.25) is 0 Å². The number of carbonyl (C=O) groups is 2. The smallest absolute Gasteiger partial charge is 0.337 e. The summed E-state index contributed by atoms with van der Waals surface area (Å²) in [6.45, 7) is 3.86. The first-order chi connectivity index (χ1) is 13.0. The van der Waals surface area contributed by atoms with E-state index in [1.165, 1.54) is 0 Å². The molecule has 1 aromatic heterocycles. The minimum atomic E-state index is -0.843. The summed E-state index contributed by atoms with van der Waals surface area (Å²) in [6.07, 6.45) is 1.89. The van der Waals surface area contributed by atoms with E-state index >= 15 is 0 Å². The van der Waals surface area contributed by atoms with E-state index in [9.17, 15) is 9.59 Å². The zero-order chi connectivity index (χ0) is 19.0. The zero-order valence-corrected chi connectivity index (χ0v) is 15.2. The van der Waals surface area contributed by atoms with Gasteiger partial charge >= 0.3 is 5.97 Å². The molecule has 6 nitrogen and oxygen atoms in total. The highest BCUT2D eigenvalue weighted by molar-refractivity contribution is 5.99. The van der Waals surface area contributed by atoms with Crippen LogP contribution in [0, 0.1) is 0 Å². The zero-order valence-electron chi connectivity index (χ0n) is 15.2. The summed E-state index contributed by atoms with van der Waals surface area (Å²) in [6, 6.07) is 13.1. The Balaban J connectivity index is 1.70. The number of ether oxygens (including phenoxy) is 2. The SMILES string of the molecule is CC1(C)OC(=O)C2=C1NC(=O)C[C@H]2c1ccccc1OCc1ccccn1. The largest absolute Gasteiger partial charge is 0.487 e. The van der Waals surface area contributed by atoms with Gasteiger partial charge in [0.25, 0.3) is 0 Å². The average molecular weight is 364 g/mol. The molecule has 138 valence electrons. The highest BCUT2D eigenvalue weighted by atomic mass is 16.6. The number of nitrogens with zero attached hydrogens (tertiary/aromatic N) is 1. The number of para-hydroxylation sites is 1. The van der Waals surface area contributed by atoms with Gasteiger partial charge in [0, 0.05) is 24.1 Å². The van der Waals surface area contributed by atoms with Crippen molar-refractivity contribution in [3.05, 3.63) is 71.2 Å². The normalized spacial score (nSPS) is 20.7. The molecular weight excluding hydrogens is 344 g/mol. The molecule has 1 atom stereocenters. The van der Waals surface area contributed by atoms with E-state index in [1.54, 1.807) is 20.0 Å². The van der Waals surface area contributed by atoms with Gasteiger partial charge in [0.05, 0.1) is 17.0 Å². The third-order valence-corrected chi connectivity index (χ3v) is 4.84. The van der Waals surface area contributed by atoms with Crippen molar-refractivity contribution in [3.8, 4) is 5.75 Å². The van der Waals surface area contributed by atoms with Crippen LogP contribution < -0.4 is 10.1 Å². The number of rotatable bonds is 4. The fourth-order valence-corrected chi connectivity index (χ4v) is 3.58. The van der Waals surface area contributed by atoms with Gasteiger partial charge in [0.1, 0.15) is 18.0 Å². The first-order valence-electron chi connectivity index (χ1n) is 8.85. The predicted molar refractivity (Wildman–Crippen MR) is 97.7 cm³/mol. The quantitative estimate of drug-likeness (QED) is 0.844. The molecule has 0 fully saturated rings. The summed E-state index contributed by atoms with van der Waals surface area (Å²) in [7, 11) is 0. The van der Waals surface area contributed by atoms with Crippen molar-refractivity contribution < 1.29 is 19.1 Å². The number of cyclic esters (lactones) is 1. The van der Waals surface area contributed by atoms with Crippen LogP contribution >= 0.6 is 0 Å². The maximum atomic E-state index is 12.5. The van der Waals surface area contributed by atoms with Crippen molar-refractivity contribution >= 4 is 11.9 Å². The van der Waals surface area contributed by atoms with Gasteiger partial charge in [-0.05, 0) is 32.0 Å². The Bertz CT molecular complexity index is 934. The third-order valence-electron chi connectivity index (χ3n) is 4.84. The van der Waals surface area contributed by atoms with Gasteiger partial charge in [-0.15, -0.1) is 0 Å². The van der Waals surface area contributed by atoms with Gasteiger partial charge in [-0.25, -0.2) is 4.79 Å². The summed E-state index contributed by atoms with van der Waals surface area (Å²) < 4.78 is 11.5. The summed E-state index contributed by atoms with van der Waals surface area (Å²) in [4.78, 5) is 29.1. The maximum Gasteiger partial charge on any atom is 0.337 e. The molecule has 0 radical (unpaired) electrons. The first kappa shape index (κ1) is 17.3. The Hall–Kier alpha value is -3.15. The molecule has 2 aliphatic heterocycles. The summed E-state index contributed by atoms with van der Waals surface area (Å²) in [5.74, 6) is -0.292. The minimum absolute atomic E-state index is 0.135. The van der Waals surface area contributed by atoms with Crippen molar-refractivity contribution in [2.75, 3.05) is 0 Å². The van der Waals surface area contributed by atoms with Gasteiger partial charge in [-0.3, -0.25) is 9.78 Å². The van der Waals surface area contributed by atoms with Gasteiger partial charge in [-0.1, -0.05) is 24.3 Å². The number of pyridine rings is 1. The van der Waals surface area contributed by atoms with E-state index in [-0.39, 0.29) is 18.3 Å². The molecule has 1 N–H and O–H groups in total. The number of amides is 1. The standard InChI is InChI=1S/C21H20N2O4/c1-21(2)19-18(20(25)27-21)15(11-17(24)23-19)14-8-3-4-9-16(14)26-12-13-7-5-6-10-22-13/h3-10,15H,11-12H2,1-2H3,(H,23,24)/t15-/m0/s1. The summed E-state index contributed by atoms with van der Waals surface area (Å²) in [5.41, 5.74) is 1.81. The van der Waals surface area contributed by atoms with Crippen LogP contribution in [0.1, 0.15) is 37.4 Å².